The molecule has 122 valence electrons. The van der Waals surface area contributed by atoms with Crippen molar-refractivity contribution in [3.8, 4) is 0 Å². The number of nitrogens with two attached hydrogens (primary N) is 1. The number of ether oxygens (including phenoxy) is 3. The Labute approximate surface area is 132 Å². The fourth-order valence-corrected chi connectivity index (χ4v) is 5.62. The first-order chi connectivity index (χ1) is 10.2. The van der Waals surface area contributed by atoms with Gasteiger partial charge in [0.05, 0.1) is 11.2 Å². The molecule has 3 atom stereocenters. The van der Waals surface area contributed by atoms with Gasteiger partial charge < -0.3 is 19.9 Å². The minimum absolute atomic E-state index is 0.101. The van der Waals surface area contributed by atoms with Gasteiger partial charge in [0.15, 0.2) is 0 Å². The monoisotopic (exact) mass is 315 g/mol. The molecule has 3 fully saturated rings. The summed E-state index contributed by atoms with van der Waals surface area (Å²) in [6, 6.07) is 0.104. The van der Waals surface area contributed by atoms with Crippen molar-refractivity contribution in [1.29, 1.82) is 0 Å². The average Bonchev–Trinajstić information content (AvgIpc) is 2.95. The van der Waals surface area contributed by atoms with Crippen LogP contribution in [0.5, 0.6) is 0 Å². The van der Waals surface area contributed by atoms with Crippen LogP contribution in [0.1, 0.15) is 39.0 Å². The van der Waals surface area contributed by atoms with Crippen LogP contribution in [0.15, 0.2) is 0 Å². The molecular weight excluding hydrogens is 286 g/mol. The summed E-state index contributed by atoms with van der Waals surface area (Å²) >= 11 is 2.02. The van der Waals surface area contributed by atoms with Gasteiger partial charge in [-0.25, -0.2) is 0 Å². The Bertz CT molecular complexity index is 335. The Kier molecular flexibility index (Phi) is 5.16. The predicted molar refractivity (Wildman–Crippen MR) is 85.7 cm³/mol. The van der Waals surface area contributed by atoms with Gasteiger partial charge in [0.1, 0.15) is 0 Å². The minimum atomic E-state index is -0.179. The topological polar surface area (TPSA) is 53.7 Å². The molecule has 3 saturated heterocycles. The molecule has 0 aromatic rings. The highest BCUT2D eigenvalue weighted by Crippen LogP contribution is 2.44. The standard InChI is InChI=1S/C16H29NO3S/c1-2-19-16(4-8-18-9-5-16)14(17)13-3-7-20-15(11-13)6-10-21-12-15/h13-14H,2-12,17H2,1H3. The number of thioether (sulfide) groups is 1. The van der Waals surface area contributed by atoms with Crippen molar-refractivity contribution < 1.29 is 14.2 Å². The zero-order chi connectivity index (χ0) is 14.8. The van der Waals surface area contributed by atoms with Gasteiger partial charge in [-0.1, -0.05) is 0 Å². The molecule has 3 aliphatic rings. The Morgan fingerprint density at radius 2 is 2.10 bits per heavy atom. The Hall–Kier alpha value is 0.190. The van der Waals surface area contributed by atoms with Crippen molar-refractivity contribution in [2.45, 2.75) is 56.3 Å². The fraction of sp³-hybridized carbons (Fsp3) is 1.00. The summed E-state index contributed by atoms with van der Waals surface area (Å²) in [6.07, 6.45) is 5.23. The summed E-state index contributed by atoms with van der Waals surface area (Å²) in [6.45, 7) is 5.22. The van der Waals surface area contributed by atoms with Gasteiger partial charge >= 0.3 is 0 Å². The van der Waals surface area contributed by atoms with Crippen molar-refractivity contribution in [1.82, 2.24) is 0 Å². The van der Waals surface area contributed by atoms with Crippen LogP contribution in [0.3, 0.4) is 0 Å². The number of rotatable bonds is 4. The third-order valence-electron chi connectivity index (χ3n) is 5.48. The number of hydrogen-bond donors (Lipinski definition) is 1. The highest BCUT2D eigenvalue weighted by Gasteiger charge is 2.48. The fourth-order valence-electron chi connectivity index (χ4n) is 4.24. The lowest BCUT2D eigenvalue weighted by Crippen LogP contribution is -2.59. The van der Waals surface area contributed by atoms with Crippen LogP contribution in [0.2, 0.25) is 0 Å². The molecule has 0 aromatic heterocycles. The average molecular weight is 315 g/mol. The molecule has 1 spiro atoms. The molecule has 3 unspecified atom stereocenters. The molecule has 0 radical (unpaired) electrons. The van der Waals surface area contributed by atoms with Crippen LogP contribution in [-0.4, -0.2) is 55.2 Å². The summed E-state index contributed by atoms with van der Waals surface area (Å²) in [4.78, 5) is 0. The van der Waals surface area contributed by atoms with E-state index in [2.05, 4.69) is 6.92 Å². The van der Waals surface area contributed by atoms with Crippen LogP contribution in [0, 0.1) is 5.92 Å². The number of hydrogen-bond acceptors (Lipinski definition) is 5. The third-order valence-corrected chi connectivity index (χ3v) is 6.71. The van der Waals surface area contributed by atoms with E-state index in [4.69, 9.17) is 19.9 Å². The Balaban J connectivity index is 1.71. The SMILES string of the molecule is CCOC1(C(N)C2CCOC3(CCSC3)C2)CCOCC1. The predicted octanol–water partition coefficient (Wildman–Crippen LogP) is 2.20. The Morgan fingerprint density at radius 1 is 1.29 bits per heavy atom. The van der Waals surface area contributed by atoms with E-state index in [0.717, 1.165) is 57.9 Å². The molecule has 21 heavy (non-hydrogen) atoms. The van der Waals surface area contributed by atoms with E-state index < -0.39 is 0 Å². The van der Waals surface area contributed by atoms with Crippen LogP contribution in [0.25, 0.3) is 0 Å². The van der Waals surface area contributed by atoms with Crippen LogP contribution < -0.4 is 5.73 Å². The van der Waals surface area contributed by atoms with Crippen LogP contribution in [0.4, 0.5) is 0 Å². The Morgan fingerprint density at radius 3 is 2.76 bits per heavy atom. The van der Waals surface area contributed by atoms with E-state index in [1.54, 1.807) is 0 Å². The molecular formula is C16H29NO3S. The summed E-state index contributed by atoms with van der Waals surface area (Å²) in [7, 11) is 0. The van der Waals surface area contributed by atoms with Crippen molar-refractivity contribution in [2.75, 3.05) is 37.9 Å². The van der Waals surface area contributed by atoms with Gasteiger partial charge in [-0.3, -0.25) is 0 Å². The molecule has 5 heteroatoms. The van der Waals surface area contributed by atoms with Crippen molar-refractivity contribution in [2.24, 2.45) is 11.7 Å². The zero-order valence-electron chi connectivity index (χ0n) is 13.1. The molecule has 0 aliphatic carbocycles. The third kappa shape index (κ3) is 3.27. The van der Waals surface area contributed by atoms with Crippen molar-refractivity contribution >= 4 is 11.8 Å². The quantitative estimate of drug-likeness (QED) is 0.862. The summed E-state index contributed by atoms with van der Waals surface area (Å²) in [5.41, 5.74) is 6.67. The van der Waals surface area contributed by atoms with E-state index in [1.807, 2.05) is 11.8 Å². The lowest BCUT2D eigenvalue weighted by molar-refractivity contribution is -0.148. The van der Waals surface area contributed by atoms with Gasteiger partial charge in [0.25, 0.3) is 0 Å². The van der Waals surface area contributed by atoms with Crippen molar-refractivity contribution in [3.63, 3.8) is 0 Å². The molecule has 0 bridgehead atoms. The second-order valence-corrected chi connectivity index (χ2v) is 7.83. The highest BCUT2D eigenvalue weighted by molar-refractivity contribution is 7.99. The van der Waals surface area contributed by atoms with Gasteiger partial charge in [0, 0.05) is 51.1 Å². The summed E-state index contributed by atoms with van der Waals surface area (Å²) < 4.78 is 17.9. The largest absolute Gasteiger partial charge is 0.381 e. The normalized spacial score (nSPS) is 37.7. The van der Waals surface area contributed by atoms with E-state index in [-0.39, 0.29) is 17.2 Å². The zero-order valence-corrected chi connectivity index (χ0v) is 14.0. The van der Waals surface area contributed by atoms with E-state index in [1.165, 1.54) is 12.2 Å². The molecule has 0 aromatic carbocycles. The molecule has 3 heterocycles. The highest BCUT2D eigenvalue weighted by atomic mass is 32.2. The molecule has 0 saturated carbocycles. The first-order valence-corrected chi connectivity index (χ1v) is 9.54. The lowest BCUT2D eigenvalue weighted by atomic mass is 9.73. The first kappa shape index (κ1) is 16.1. The first-order valence-electron chi connectivity index (χ1n) is 8.39. The van der Waals surface area contributed by atoms with E-state index in [0.29, 0.717) is 5.92 Å². The summed E-state index contributed by atoms with van der Waals surface area (Å²) in [5, 5.41) is 0. The van der Waals surface area contributed by atoms with Gasteiger partial charge in [-0.2, -0.15) is 11.8 Å². The van der Waals surface area contributed by atoms with Gasteiger partial charge in [-0.05, 0) is 37.9 Å². The van der Waals surface area contributed by atoms with Crippen molar-refractivity contribution in [3.05, 3.63) is 0 Å². The van der Waals surface area contributed by atoms with E-state index >= 15 is 0 Å². The minimum Gasteiger partial charge on any atom is -0.381 e. The van der Waals surface area contributed by atoms with Crippen LogP contribution in [-0.2, 0) is 14.2 Å². The second-order valence-electron chi connectivity index (χ2n) is 6.72. The molecule has 3 aliphatic heterocycles. The second kappa shape index (κ2) is 6.75. The summed E-state index contributed by atoms with van der Waals surface area (Å²) in [5.74, 6) is 2.88. The van der Waals surface area contributed by atoms with E-state index in [9.17, 15) is 0 Å². The van der Waals surface area contributed by atoms with Gasteiger partial charge in [-0.15, -0.1) is 0 Å². The maximum Gasteiger partial charge on any atom is 0.0878 e. The smallest absolute Gasteiger partial charge is 0.0878 e. The maximum atomic E-state index is 6.75. The lowest BCUT2D eigenvalue weighted by Gasteiger charge is -2.48. The molecule has 3 rings (SSSR count). The van der Waals surface area contributed by atoms with Gasteiger partial charge in [0.2, 0.25) is 0 Å². The maximum absolute atomic E-state index is 6.75. The molecule has 0 amide bonds. The van der Waals surface area contributed by atoms with Crippen LogP contribution >= 0.6 is 11.8 Å². The molecule has 4 nitrogen and oxygen atoms in total. The molecule has 2 N–H and O–H groups in total.